The van der Waals surface area contributed by atoms with Gasteiger partial charge in [-0.1, -0.05) is 18.5 Å². The molecule has 0 aromatic carbocycles. The van der Waals surface area contributed by atoms with Crippen LogP contribution >= 0.6 is 11.6 Å². The maximum Gasteiger partial charge on any atom is 0.254 e. The van der Waals surface area contributed by atoms with Gasteiger partial charge < -0.3 is 5.32 Å². The van der Waals surface area contributed by atoms with Crippen molar-refractivity contribution in [2.45, 2.75) is 26.3 Å². The molecule has 1 rings (SSSR count). The number of aryl methyl sites for hydroxylation is 1. The number of hydrogen-bond acceptors (Lipinski definition) is 3. The Morgan fingerprint density at radius 2 is 2.31 bits per heavy atom. The first-order chi connectivity index (χ1) is 7.58. The molecule has 0 aliphatic heterocycles. The van der Waals surface area contributed by atoms with Crippen LogP contribution in [0.3, 0.4) is 0 Å². The van der Waals surface area contributed by atoms with Gasteiger partial charge in [0.25, 0.3) is 5.56 Å². The largest absolute Gasteiger partial charge is 0.359 e. The highest BCUT2D eigenvalue weighted by molar-refractivity contribution is 6.29. The fourth-order valence-corrected chi connectivity index (χ4v) is 1.56. The SMILES string of the molecule is CCc1nc(Cl)cc(=O)n1CCC(=O)NC. The van der Waals surface area contributed by atoms with E-state index < -0.39 is 0 Å². The molecule has 5 nitrogen and oxygen atoms in total. The predicted octanol–water partition coefficient (Wildman–Crippen LogP) is 0.595. The zero-order chi connectivity index (χ0) is 12.1. The lowest BCUT2D eigenvalue weighted by Crippen LogP contribution is -2.27. The second kappa shape index (κ2) is 5.65. The number of amides is 1. The van der Waals surface area contributed by atoms with Crippen LogP contribution in [0.15, 0.2) is 10.9 Å². The van der Waals surface area contributed by atoms with E-state index >= 15 is 0 Å². The van der Waals surface area contributed by atoms with Gasteiger partial charge in [0.2, 0.25) is 5.91 Å². The molecule has 0 bridgehead atoms. The van der Waals surface area contributed by atoms with Crippen LogP contribution in [-0.4, -0.2) is 22.5 Å². The van der Waals surface area contributed by atoms with Gasteiger partial charge >= 0.3 is 0 Å². The third kappa shape index (κ3) is 3.06. The summed E-state index contributed by atoms with van der Waals surface area (Å²) in [4.78, 5) is 26.8. The van der Waals surface area contributed by atoms with Crippen LogP contribution in [0.2, 0.25) is 5.15 Å². The Morgan fingerprint density at radius 1 is 1.62 bits per heavy atom. The van der Waals surface area contributed by atoms with E-state index in [1.807, 2.05) is 6.92 Å². The van der Waals surface area contributed by atoms with Crippen molar-refractivity contribution in [1.82, 2.24) is 14.9 Å². The van der Waals surface area contributed by atoms with Gasteiger partial charge in [0.05, 0.1) is 0 Å². The van der Waals surface area contributed by atoms with E-state index in [2.05, 4.69) is 10.3 Å². The van der Waals surface area contributed by atoms with Crippen LogP contribution in [0.4, 0.5) is 0 Å². The molecule has 1 N–H and O–H groups in total. The van der Waals surface area contributed by atoms with Crippen molar-refractivity contribution in [1.29, 1.82) is 0 Å². The molecule has 1 heterocycles. The number of hydrogen-bond donors (Lipinski definition) is 1. The van der Waals surface area contributed by atoms with Crippen molar-refractivity contribution < 1.29 is 4.79 Å². The quantitative estimate of drug-likeness (QED) is 0.788. The van der Waals surface area contributed by atoms with Gasteiger partial charge in [0.15, 0.2) is 0 Å². The molecule has 1 aromatic heterocycles. The number of aromatic nitrogens is 2. The van der Waals surface area contributed by atoms with Crippen molar-refractivity contribution >= 4 is 17.5 Å². The lowest BCUT2D eigenvalue weighted by molar-refractivity contribution is -0.120. The van der Waals surface area contributed by atoms with Crippen LogP contribution in [0.25, 0.3) is 0 Å². The zero-order valence-electron chi connectivity index (χ0n) is 9.29. The molecule has 0 atom stereocenters. The Morgan fingerprint density at radius 3 is 2.88 bits per heavy atom. The van der Waals surface area contributed by atoms with E-state index in [-0.39, 0.29) is 23.0 Å². The summed E-state index contributed by atoms with van der Waals surface area (Å²) < 4.78 is 1.47. The van der Waals surface area contributed by atoms with E-state index in [4.69, 9.17) is 11.6 Å². The monoisotopic (exact) mass is 243 g/mol. The van der Waals surface area contributed by atoms with Gasteiger partial charge in [-0.25, -0.2) is 4.98 Å². The summed E-state index contributed by atoms with van der Waals surface area (Å²) in [6.07, 6.45) is 0.857. The number of halogens is 1. The lowest BCUT2D eigenvalue weighted by atomic mass is 10.3. The molecule has 1 aromatic rings. The maximum atomic E-state index is 11.6. The fourth-order valence-electron chi connectivity index (χ4n) is 1.37. The molecule has 88 valence electrons. The smallest absolute Gasteiger partial charge is 0.254 e. The molecule has 0 saturated carbocycles. The third-order valence-corrected chi connectivity index (χ3v) is 2.41. The highest BCUT2D eigenvalue weighted by atomic mass is 35.5. The first-order valence-corrected chi connectivity index (χ1v) is 5.43. The Kier molecular flexibility index (Phi) is 4.49. The van der Waals surface area contributed by atoms with Crippen molar-refractivity contribution in [3.8, 4) is 0 Å². The number of carbonyl (C=O) groups excluding carboxylic acids is 1. The first kappa shape index (κ1) is 12.7. The van der Waals surface area contributed by atoms with Crippen molar-refractivity contribution in [3.63, 3.8) is 0 Å². The summed E-state index contributed by atoms with van der Waals surface area (Å²) in [5.41, 5.74) is -0.222. The summed E-state index contributed by atoms with van der Waals surface area (Å²) >= 11 is 5.69. The minimum absolute atomic E-state index is 0.107. The number of carbonyl (C=O) groups is 1. The van der Waals surface area contributed by atoms with Crippen molar-refractivity contribution in [2.24, 2.45) is 0 Å². The van der Waals surface area contributed by atoms with Gasteiger partial charge in [-0.2, -0.15) is 0 Å². The molecule has 1 amide bonds. The average Bonchev–Trinajstić information content (AvgIpc) is 2.26. The van der Waals surface area contributed by atoms with Crippen LogP contribution in [0.5, 0.6) is 0 Å². The average molecular weight is 244 g/mol. The molecule has 0 saturated heterocycles. The summed E-state index contributed by atoms with van der Waals surface area (Å²) in [5.74, 6) is 0.491. The molecule has 0 fully saturated rings. The molecule has 0 unspecified atom stereocenters. The minimum atomic E-state index is -0.222. The van der Waals surface area contributed by atoms with Gasteiger partial charge in [-0.3, -0.25) is 14.2 Å². The van der Waals surface area contributed by atoms with E-state index in [1.165, 1.54) is 10.6 Å². The van der Waals surface area contributed by atoms with E-state index in [1.54, 1.807) is 7.05 Å². The lowest BCUT2D eigenvalue weighted by Gasteiger charge is -2.09. The maximum absolute atomic E-state index is 11.6. The molecular weight excluding hydrogens is 230 g/mol. The van der Waals surface area contributed by atoms with E-state index in [0.29, 0.717) is 18.8 Å². The normalized spacial score (nSPS) is 10.2. The van der Waals surface area contributed by atoms with Gasteiger partial charge in [-0.15, -0.1) is 0 Å². The number of nitrogens with zero attached hydrogens (tertiary/aromatic N) is 2. The Labute approximate surface area is 98.4 Å². The predicted molar refractivity (Wildman–Crippen MR) is 61.6 cm³/mol. The van der Waals surface area contributed by atoms with E-state index in [9.17, 15) is 9.59 Å². The molecule has 6 heteroatoms. The summed E-state index contributed by atoms with van der Waals surface area (Å²) in [6, 6.07) is 1.25. The standard InChI is InChI=1S/C10H14ClN3O2/c1-3-8-13-7(11)6-10(16)14(8)5-4-9(15)12-2/h6H,3-5H2,1-2H3,(H,12,15). The van der Waals surface area contributed by atoms with Crippen molar-refractivity contribution in [2.75, 3.05) is 7.05 Å². The second-order valence-electron chi connectivity index (χ2n) is 3.26. The molecule has 16 heavy (non-hydrogen) atoms. The Bertz CT molecular complexity index is 442. The Balaban J connectivity index is 2.94. The summed E-state index contributed by atoms with van der Waals surface area (Å²) in [5, 5.41) is 2.70. The van der Waals surface area contributed by atoms with Crippen molar-refractivity contribution in [3.05, 3.63) is 27.4 Å². The third-order valence-electron chi connectivity index (χ3n) is 2.21. The molecule has 0 radical (unpaired) electrons. The topological polar surface area (TPSA) is 64.0 Å². The number of nitrogens with one attached hydrogen (secondary N) is 1. The van der Waals surface area contributed by atoms with Gasteiger partial charge in [0, 0.05) is 32.5 Å². The second-order valence-corrected chi connectivity index (χ2v) is 3.65. The number of rotatable bonds is 4. The van der Waals surface area contributed by atoms with Crippen LogP contribution < -0.4 is 10.9 Å². The molecule has 0 aliphatic rings. The molecule has 0 spiro atoms. The van der Waals surface area contributed by atoms with Gasteiger partial charge in [-0.05, 0) is 0 Å². The summed E-state index contributed by atoms with van der Waals surface area (Å²) in [6.45, 7) is 2.21. The zero-order valence-corrected chi connectivity index (χ0v) is 10.0. The van der Waals surface area contributed by atoms with Crippen LogP contribution in [-0.2, 0) is 17.8 Å². The first-order valence-electron chi connectivity index (χ1n) is 5.05. The molecular formula is C10H14ClN3O2. The minimum Gasteiger partial charge on any atom is -0.359 e. The van der Waals surface area contributed by atoms with Crippen LogP contribution in [0, 0.1) is 0 Å². The Hall–Kier alpha value is -1.36. The van der Waals surface area contributed by atoms with Crippen LogP contribution in [0.1, 0.15) is 19.2 Å². The van der Waals surface area contributed by atoms with Gasteiger partial charge in [0.1, 0.15) is 11.0 Å². The highest BCUT2D eigenvalue weighted by Crippen LogP contribution is 2.03. The summed E-state index contributed by atoms with van der Waals surface area (Å²) in [7, 11) is 1.56. The molecule has 0 aliphatic carbocycles. The fraction of sp³-hybridized carbons (Fsp3) is 0.500. The highest BCUT2D eigenvalue weighted by Gasteiger charge is 2.07. The van der Waals surface area contributed by atoms with E-state index in [0.717, 1.165) is 0 Å².